The molecule has 0 atom stereocenters. The van der Waals surface area contributed by atoms with Gasteiger partial charge in [0.1, 0.15) is 0 Å². The maximum atomic E-state index is 5.39. The maximum Gasteiger partial charge on any atom is 0.161 e. The summed E-state index contributed by atoms with van der Waals surface area (Å²) in [5.74, 6) is 1.53. The Hall–Kier alpha value is -2.52. The minimum absolute atomic E-state index is 0.762. The number of fused-ring (bicyclic) bond motifs is 1. The Kier molecular flexibility index (Phi) is 5.02. The highest BCUT2D eigenvalue weighted by Gasteiger charge is 2.08. The summed E-state index contributed by atoms with van der Waals surface area (Å²) in [6.45, 7) is 1.75. The van der Waals surface area contributed by atoms with Gasteiger partial charge < -0.3 is 9.47 Å². The van der Waals surface area contributed by atoms with Crippen LogP contribution in [-0.4, -0.2) is 26.2 Å². The quantitative estimate of drug-likeness (QED) is 0.668. The monoisotopic (exact) mass is 321 g/mol. The minimum atomic E-state index is 0.762. The molecule has 0 amide bonds. The van der Waals surface area contributed by atoms with Crippen molar-refractivity contribution in [1.29, 1.82) is 0 Å². The molecule has 24 heavy (non-hydrogen) atoms. The van der Waals surface area contributed by atoms with Crippen LogP contribution < -0.4 is 9.47 Å². The second kappa shape index (κ2) is 7.37. The molecule has 3 rings (SSSR count). The molecule has 0 aromatic heterocycles. The molecule has 0 N–H and O–H groups in total. The van der Waals surface area contributed by atoms with Gasteiger partial charge in [-0.3, -0.25) is 4.90 Å². The number of benzene rings is 3. The molecule has 0 fully saturated rings. The Morgan fingerprint density at radius 3 is 2.33 bits per heavy atom. The SMILES string of the molecule is COc1ccc(CN(C)Cc2cccc3ccccc23)cc1OC. The van der Waals surface area contributed by atoms with Gasteiger partial charge in [-0.25, -0.2) is 0 Å². The molecule has 3 heteroatoms. The van der Waals surface area contributed by atoms with E-state index in [2.05, 4.69) is 60.5 Å². The van der Waals surface area contributed by atoms with Crippen LogP contribution in [0.2, 0.25) is 0 Å². The molecule has 0 radical (unpaired) electrons. The second-order valence-corrected chi connectivity index (χ2v) is 6.00. The molecule has 0 saturated carbocycles. The first-order chi connectivity index (χ1) is 11.7. The van der Waals surface area contributed by atoms with Gasteiger partial charge in [-0.1, -0.05) is 48.5 Å². The van der Waals surface area contributed by atoms with Crippen LogP contribution in [0.25, 0.3) is 10.8 Å². The summed E-state index contributed by atoms with van der Waals surface area (Å²) in [5, 5.41) is 2.61. The first-order valence-electron chi connectivity index (χ1n) is 8.07. The van der Waals surface area contributed by atoms with Gasteiger partial charge in [0.25, 0.3) is 0 Å². The number of rotatable bonds is 6. The van der Waals surface area contributed by atoms with Crippen molar-refractivity contribution in [3.63, 3.8) is 0 Å². The van der Waals surface area contributed by atoms with E-state index in [0.717, 1.165) is 24.6 Å². The van der Waals surface area contributed by atoms with Crippen LogP contribution in [0, 0.1) is 0 Å². The number of methoxy groups -OCH3 is 2. The van der Waals surface area contributed by atoms with E-state index in [1.807, 2.05) is 12.1 Å². The molecule has 0 bridgehead atoms. The Morgan fingerprint density at radius 1 is 0.792 bits per heavy atom. The smallest absolute Gasteiger partial charge is 0.161 e. The molecule has 0 aliphatic carbocycles. The van der Waals surface area contributed by atoms with Gasteiger partial charge in [0, 0.05) is 13.1 Å². The molecule has 124 valence electrons. The molecule has 3 nitrogen and oxygen atoms in total. The summed E-state index contributed by atoms with van der Waals surface area (Å²) in [7, 11) is 5.46. The summed E-state index contributed by atoms with van der Waals surface area (Å²) >= 11 is 0. The largest absolute Gasteiger partial charge is 0.493 e. The third kappa shape index (κ3) is 3.52. The van der Waals surface area contributed by atoms with Gasteiger partial charge in [-0.2, -0.15) is 0 Å². The average Bonchev–Trinajstić information content (AvgIpc) is 2.62. The highest BCUT2D eigenvalue weighted by atomic mass is 16.5. The van der Waals surface area contributed by atoms with Crippen LogP contribution >= 0.6 is 0 Å². The van der Waals surface area contributed by atoms with Gasteiger partial charge in [-0.05, 0) is 41.1 Å². The van der Waals surface area contributed by atoms with Gasteiger partial charge in [0.2, 0.25) is 0 Å². The van der Waals surface area contributed by atoms with E-state index in [1.54, 1.807) is 14.2 Å². The summed E-state index contributed by atoms with van der Waals surface area (Å²) in [6, 6.07) is 21.1. The van der Waals surface area contributed by atoms with E-state index in [9.17, 15) is 0 Å². The van der Waals surface area contributed by atoms with Crippen molar-refractivity contribution in [2.45, 2.75) is 13.1 Å². The van der Waals surface area contributed by atoms with Gasteiger partial charge in [-0.15, -0.1) is 0 Å². The van der Waals surface area contributed by atoms with E-state index < -0.39 is 0 Å². The summed E-state index contributed by atoms with van der Waals surface area (Å²) in [6.07, 6.45) is 0. The highest BCUT2D eigenvalue weighted by molar-refractivity contribution is 5.85. The molecule has 0 saturated heterocycles. The van der Waals surface area contributed by atoms with Gasteiger partial charge in [0.05, 0.1) is 14.2 Å². The molecule has 0 aliphatic heterocycles. The lowest BCUT2D eigenvalue weighted by Crippen LogP contribution is -2.17. The predicted octanol–water partition coefficient (Wildman–Crippen LogP) is 4.49. The van der Waals surface area contributed by atoms with E-state index in [0.29, 0.717) is 0 Å². The van der Waals surface area contributed by atoms with Crippen LogP contribution in [-0.2, 0) is 13.1 Å². The molecule has 0 unspecified atom stereocenters. The van der Waals surface area contributed by atoms with Crippen LogP contribution in [0.5, 0.6) is 11.5 Å². The number of ether oxygens (including phenoxy) is 2. The van der Waals surface area contributed by atoms with Crippen LogP contribution in [0.1, 0.15) is 11.1 Å². The molecule has 0 heterocycles. The van der Waals surface area contributed by atoms with Crippen molar-refractivity contribution in [2.24, 2.45) is 0 Å². The Bertz CT molecular complexity index is 824. The number of hydrogen-bond acceptors (Lipinski definition) is 3. The van der Waals surface area contributed by atoms with E-state index in [-0.39, 0.29) is 0 Å². The van der Waals surface area contributed by atoms with Crippen molar-refractivity contribution >= 4 is 10.8 Å². The van der Waals surface area contributed by atoms with Crippen molar-refractivity contribution in [3.8, 4) is 11.5 Å². The minimum Gasteiger partial charge on any atom is -0.493 e. The van der Waals surface area contributed by atoms with E-state index >= 15 is 0 Å². The van der Waals surface area contributed by atoms with Crippen molar-refractivity contribution in [1.82, 2.24) is 4.90 Å². The molecule has 3 aromatic carbocycles. The fraction of sp³-hybridized carbons (Fsp3) is 0.238. The maximum absolute atomic E-state index is 5.39. The first kappa shape index (κ1) is 16.3. The lowest BCUT2D eigenvalue weighted by atomic mass is 10.0. The summed E-state index contributed by atoms with van der Waals surface area (Å²) in [4.78, 5) is 2.31. The van der Waals surface area contributed by atoms with Gasteiger partial charge in [0.15, 0.2) is 11.5 Å². The Morgan fingerprint density at radius 2 is 1.54 bits per heavy atom. The third-order valence-corrected chi connectivity index (χ3v) is 4.22. The molecule has 0 spiro atoms. The zero-order valence-electron chi connectivity index (χ0n) is 14.5. The third-order valence-electron chi connectivity index (χ3n) is 4.22. The number of hydrogen-bond donors (Lipinski definition) is 0. The van der Waals surface area contributed by atoms with Crippen molar-refractivity contribution < 1.29 is 9.47 Å². The normalized spacial score (nSPS) is 11.0. The first-order valence-corrected chi connectivity index (χ1v) is 8.07. The topological polar surface area (TPSA) is 21.7 Å². The predicted molar refractivity (Wildman–Crippen MR) is 98.7 cm³/mol. The molecule has 0 aliphatic rings. The molecular formula is C21H23NO2. The Balaban J connectivity index is 1.77. The fourth-order valence-corrected chi connectivity index (χ4v) is 3.07. The fourth-order valence-electron chi connectivity index (χ4n) is 3.07. The average molecular weight is 321 g/mol. The van der Waals surface area contributed by atoms with Gasteiger partial charge >= 0.3 is 0 Å². The summed E-state index contributed by atoms with van der Waals surface area (Å²) < 4.78 is 10.7. The molecule has 3 aromatic rings. The zero-order valence-corrected chi connectivity index (χ0v) is 14.5. The van der Waals surface area contributed by atoms with E-state index in [4.69, 9.17) is 9.47 Å². The van der Waals surface area contributed by atoms with Crippen LogP contribution in [0.4, 0.5) is 0 Å². The number of nitrogens with zero attached hydrogens (tertiary/aromatic N) is 1. The van der Waals surface area contributed by atoms with Crippen LogP contribution in [0.15, 0.2) is 60.7 Å². The highest BCUT2D eigenvalue weighted by Crippen LogP contribution is 2.28. The van der Waals surface area contributed by atoms with E-state index in [1.165, 1.54) is 21.9 Å². The second-order valence-electron chi connectivity index (χ2n) is 6.00. The van der Waals surface area contributed by atoms with Crippen molar-refractivity contribution in [2.75, 3.05) is 21.3 Å². The Labute approximate surface area is 143 Å². The zero-order chi connectivity index (χ0) is 16.9. The summed E-state index contributed by atoms with van der Waals surface area (Å²) in [5.41, 5.74) is 2.55. The van der Waals surface area contributed by atoms with Crippen LogP contribution in [0.3, 0.4) is 0 Å². The van der Waals surface area contributed by atoms with Crippen molar-refractivity contribution in [3.05, 3.63) is 71.8 Å². The standard InChI is InChI=1S/C21H23NO2/c1-22(14-16-11-12-20(23-2)21(13-16)24-3)15-18-9-6-8-17-7-4-5-10-19(17)18/h4-13H,14-15H2,1-3H3. The molecular weight excluding hydrogens is 298 g/mol. The lowest BCUT2D eigenvalue weighted by molar-refractivity contribution is 0.317. The lowest BCUT2D eigenvalue weighted by Gasteiger charge is -2.19.